The number of ether oxygens (including phenoxy) is 2. The maximum Gasteiger partial charge on any atom is 0.250 e. The fourth-order valence-electron chi connectivity index (χ4n) is 2.18. The number of nitrogens with zero attached hydrogens (tertiary/aromatic N) is 1. The van der Waals surface area contributed by atoms with Gasteiger partial charge in [0.25, 0.3) is 0 Å². The second kappa shape index (κ2) is 8.60. The van der Waals surface area contributed by atoms with E-state index in [1.165, 1.54) is 6.42 Å². The molecular formula is C17H23NO3. The molecule has 1 amide bonds. The highest BCUT2D eigenvalue weighted by molar-refractivity contribution is 6.00. The zero-order valence-electron chi connectivity index (χ0n) is 12.5. The number of rotatable bonds is 6. The van der Waals surface area contributed by atoms with Crippen LogP contribution < -0.4 is 4.90 Å². The standard InChI is InChI=1S/C17H23NO3/c1-18(15-9-3-2-4-10-15)16(19)11-5-7-13-20-17-12-6-8-14-21-17/h2-5,9-11,17H,6-8,12-14H2,1H3/b11-5+. The maximum absolute atomic E-state index is 12.0. The molecule has 1 heterocycles. The van der Waals surface area contributed by atoms with Crippen molar-refractivity contribution >= 4 is 11.6 Å². The molecule has 1 aromatic carbocycles. The van der Waals surface area contributed by atoms with Gasteiger partial charge in [-0.2, -0.15) is 0 Å². The average Bonchev–Trinajstić information content (AvgIpc) is 2.55. The number of carbonyl (C=O) groups excluding carboxylic acids is 1. The summed E-state index contributed by atoms with van der Waals surface area (Å²) in [6.07, 6.45) is 7.37. The molecule has 1 saturated heterocycles. The lowest BCUT2D eigenvalue weighted by Crippen LogP contribution is -2.24. The normalized spacial score (nSPS) is 18.8. The van der Waals surface area contributed by atoms with Gasteiger partial charge in [-0.1, -0.05) is 24.3 Å². The number of hydrogen-bond acceptors (Lipinski definition) is 3. The maximum atomic E-state index is 12.0. The molecule has 1 fully saturated rings. The van der Waals surface area contributed by atoms with Crippen LogP contribution in [0.2, 0.25) is 0 Å². The average molecular weight is 289 g/mol. The Morgan fingerprint density at radius 3 is 2.90 bits per heavy atom. The molecule has 21 heavy (non-hydrogen) atoms. The van der Waals surface area contributed by atoms with Gasteiger partial charge in [-0.25, -0.2) is 0 Å². The van der Waals surface area contributed by atoms with Crippen molar-refractivity contribution in [2.75, 3.05) is 25.2 Å². The first-order valence-corrected chi connectivity index (χ1v) is 7.50. The van der Waals surface area contributed by atoms with Gasteiger partial charge >= 0.3 is 0 Å². The van der Waals surface area contributed by atoms with Crippen molar-refractivity contribution in [2.45, 2.75) is 32.0 Å². The predicted molar refractivity (Wildman–Crippen MR) is 83.2 cm³/mol. The van der Waals surface area contributed by atoms with E-state index in [9.17, 15) is 4.79 Å². The molecule has 0 spiro atoms. The summed E-state index contributed by atoms with van der Waals surface area (Å²) < 4.78 is 11.1. The predicted octanol–water partition coefficient (Wildman–Crippen LogP) is 3.14. The zero-order chi connectivity index (χ0) is 14.9. The monoisotopic (exact) mass is 289 g/mol. The Bertz CT molecular complexity index is 452. The number of hydrogen-bond donors (Lipinski definition) is 0. The SMILES string of the molecule is CN(C(=O)/C=C/CCOC1CCCCO1)c1ccccc1. The number of likely N-dealkylation sites (N-methyl/N-ethyl adjacent to an activating group) is 1. The first-order chi connectivity index (χ1) is 10.3. The zero-order valence-corrected chi connectivity index (χ0v) is 12.5. The molecule has 114 valence electrons. The Labute approximate surface area is 126 Å². The molecule has 4 heteroatoms. The molecule has 0 radical (unpaired) electrons. The molecule has 4 nitrogen and oxygen atoms in total. The van der Waals surface area contributed by atoms with Crippen LogP contribution in [-0.2, 0) is 14.3 Å². The van der Waals surface area contributed by atoms with Crippen molar-refractivity contribution in [3.05, 3.63) is 42.5 Å². The summed E-state index contributed by atoms with van der Waals surface area (Å²) in [5, 5.41) is 0. The van der Waals surface area contributed by atoms with Gasteiger partial charge in [0.2, 0.25) is 5.91 Å². The largest absolute Gasteiger partial charge is 0.353 e. The molecular weight excluding hydrogens is 266 g/mol. The summed E-state index contributed by atoms with van der Waals surface area (Å²) in [5.41, 5.74) is 0.888. The van der Waals surface area contributed by atoms with Crippen LogP contribution in [0.3, 0.4) is 0 Å². The Morgan fingerprint density at radius 2 is 2.19 bits per heavy atom. The molecule has 0 bridgehead atoms. The number of carbonyl (C=O) groups is 1. The van der Waals surface area contributed by atoms with Gasteiger partial charge in [-0.05, 0) is 43.9 Å². The van der Waals surface area contributed by atoms with Crippen LogP contribution in [0.15, 0.2) is 42.5 Å². The molecule has 1 aliphatic heterocycles. The highest BCUT2D eigenvalue weighted by Gasteiger charge is 2.13. The summed E-state index contributed by atoms with van der Waals surface area (Å²) in [6, 6.07) is 9.59. The molecule has 0 aromatic heterocycles. The van der Waals surface area contributed by atoms with Crippen LogP contribution in [0.25, 0.3) is 0 Å². The quantitative estimate of drug-likeness (QED) is 0.596. The number of anilines is 1. The smallest absolute Gasteiger partial charge is 0.250 e. The second-order valence-electron chi connectivity index (χ2n) is 5.09. The van der Waals surface area contributed by atoms with Gasteiger partial charge in [0, 0.05) is 19.3 Å². The molecule has 1 atom stereocenters. The minimum atomic E-state index is -0.0603. The number of benzene rings is 1. The third-order valence-electron chi connectivity index (χ3n) is 3.46. The van der Waals surface area contributed by atoms with E-state index in [4.69, 9.17) is 9.47 Å². The summed E-state index contributed by atoms with van der Waals surface area (Å²) in [4.78, 5) is 13.6. The Morgan fingerprint density at radius 1 is 1.38 bits per heavy atom. The van der Waals surface area contributed by atoms with E-state index in [1.54, 1.807) is 18.0 Å². The van der Waals surface area contributed by atoms with Gasteiger partial charge in [-0.3, -0.25) is 4.79 Å². The van der Waals surface area contributed by atoms with E-state index >= 15 is 0 Å². The Hall–Kier alpha value is -1.65. The fraction of sp³-hybridized carbons (Fsp3) is 0.471. The van der Waals surface area contributed by atoms with Crippen molar-refractivity contribution < 1.29 is 14.3 Å². The van der Waals surface area contributed by atoms with E-state index in [0.29, 0.717) is 13.0 Å². The van der Waals surface area contributed by atoms with Crippen molar-refractivity contribution in [3.8, 4) is 0 Å². The van der Waals surface area contributed by atoms with Crippen molar-refractivity contribution in [1.82, 2.24) is 0 Å². The van der Waals surface area contributed by atoms with Crippen molar-refractivity contribution in [3.63, 3.8) is 0 Å². The minimum absolute atomic E-state index is 0.0323. The highest BCUT2D eigenvalue weighted by atomic mass is 16.7. The van der Waals surface area contributed by atoms with Crippen LogP contribution in [0.4, 0.5) is 5.69 Å². The molecule has 0 aliphatic carbocycles. The Balaban J connectivity index is 1.67. The lowest BCUT2D eigenvalue weighted by atomic mass is 10.2. The first kappa shape index (κ1) is 15.7. The van der Waals surface area contributed by atoms with E-state index in [0.717, 1.165) is 25.1 Å². The van der Waals surface area contributed by atoms with Crippen LogP contribution in [0, 0.1) is 0 Å². The summed E-state index contributed by atoms with van der Waals surface area (Å²) >= 11 is 0. The van der Waals surface area contributed by atoms with Crippen LogP contribution >= 0.6 is 0 Å². The summed E-state index contributed by atoms with van der Waals surface area (Å²) in [7, 11) is 1.77. The van der Waals surface area contributed by atoms with Gasteiger partial charge in [0.15, 0.2) is 6.29 Å². The first-order valence-electron chi connectivity index (χ1n) is 7.50. The molecule has 1 unspecified atom stereocenters. The Kier molecular flexibility index (Phi) is 6.44. The summed E-state index contributed by atoms with van der Waals surface area (Å²) in [5.74, 6) is -0.0323. The molecule has 1 aromatic rings. The van der Waals surface area contributed by atoms with E-state index < -0.39 is 0 Å². The van der Waals surface area contributed by atoms with Gasteiger partial charge in [-0.15, -0.1) is 0 Å². The van der Waals surface area contributed by atoms with Crippen LogP contribution in [-0.4, -0.2) is 32.5 Å². The van der Waals surface area contributed by atoms with E-state index in [-0.39, 0.29) is 12.2 Å². The third kappa shape index (κ3) is 5.33. The van der Waals surface area contributed by atoms with Crippen LogP contribution in [0.1, 0.15) is 25.7 Å². The third-order valence-corrected chi connectivity index (χ3v) is 3.46. The van der Waals surface area contributed by atoms with Gasteiger partial charge in [0.1, 0.15) is 0 Å². The molecule has 0 N–H and O–H groups in total. The van der Waals surface area contributed by atoms with Gasteiger partial charge in [0.05, 0.1) is 6.61 Å². The van der Waals surface area contributed by atoms with E-state index in [2.05, 4.69) is 0 Å². The molecule has 1 aliphatic rings. The van der Waals surface area contributed by atoms with Crippen LogP contribution in [0.5, 0.6) is 0 Å². The minimum Gasteiger partial charge on any atom is -0.353 e. The highest BCUT2D eigenvalue weighted by Crippen LogP contribution is 2.14. The molecule has 2 rings (SSSR count). The van der Waals surface area contributed by atoms with Crippen molar-refractivity contribution in [2.24, 2.45) is 0 Å². The summed E-state index contributed by atoms with van der Waals surface area (Å²) in [6.45, 7) is 1.38. The number of para-hydroxylation sites is 1. The van der Waals surface area contributed by atoms with E-state index in [1.807, 2.05) is 36.4 Å². The fourth-order valence-corrected chi connectivity index (χ4v) is 2.18. The lowest BCUT2D eigenvalue weighted by Gasteiger charge is -2.22. The lowest BCUT2D eigenvalue weighted by molar-refractivity contribution is -0.161. The van der Waals surface area contributed by atoms with Crippen molar-refractivity contribution in [1.29, 1.82) is 0 Å². The number of amides is 1. The topological polar surface area (TPSA) is 38.8 Å². The van der Waals surface area contributed by atoms with Gasteiger partial charge < -0.3 is 14.4 Å². The second-order valence-corrected chi connectivity index (χ2v) is 5.09. The molecule has 0 saturated carbocycles.